The molecule has 0 aromatic heterocycles. The molecule has 3 nitrogen and oxygen atoms in total. The van der Waals surface area contributed by atoms with Gasteiger partial charge in [0.05, 0.1) is 13.0 Å². The third-order valence-electron chi connectivity index (χ3n) is 6.69. The summed E-state index contributed by atoms with van der Waals surface area (Å²) in [6, 6.07) is 0. The summed E-state index contributed by atoms with van der Waals surface area (Å²) in [5.74, 6) is 0.278. The number of carbonyl (C=O) groups is 2. The number of allylic oxidation sites excluding steroid dienone is 1. The molecule has 0 radical (unpaired) electrons. The average molecular weight is 276 g/mol. The maximum absolute atomic E-state index is 12.3. The van der Waals surface area contributed by atoms with Crippen LogP contribution in [0.1, 0.15) is 46.5 Å². The van der Waals surface area contributed by atoms with Crippen LogP contribution < -0.4 is 0 Å². The SMILES string of the molecule is C=C1C(=O)C[C@@]2(C)[C@H]3CC[C@H](C(=O)OC)[C@]12CC3(C)C. The molecule has 0 aromatic carbocycles. The highest BCUT2D eigenvalue weighted by atomic mass is 16.5. The molecule has 3 aliphatic rings. The minimum absolute atomic E-state index is 0.123. The lowest BCUT2D eigenvalue weighted by Crippen LogP contribution is -2.48. The van der Waals surface area contributed by atoms with Crippen molar-refractivity contribution >= 4 is 11.8 Å². The number of rotatable bonds is 1. The van der Waals surface area contributed by atoms with Gasteiger partial charge in [-0.1, -0.05) is 27.4 Å². The van der Waals surface area contributed by atoms with Gasteiger partial charge in [0.25, 0.3) is 0 Å². The van der Waals surface area contributed by atoms with Gasteiger partial charge in [-0.15, -0.1) is 0 Å². The predicted molar refractivity (Wildman–Crippen MR) is 75.9 cm³/mol. The van der Waals surface area contributed by atoms with E-state index in [1.165, 1.54) is 7.11 Å². The summed E-state index contributed by atoms with van der Waals surface area (Å²) in [7, 11) is 1.45. The van der Waals surface area contributed by atoms with Crippen LogP contribution in [0.2, 0.25) is 0 Å². The Morgan fingerprint density at radius 1 is 1.30 bits per heavy atom. The Bertz CT molecular complexity index is 518. The first kappa shape index (κ1) is 13.8. The first-order valence-corrected chi connectivity index (χ1v) is 7.51. The van der Waals surface area contributed by atoms with E-state index in [0.717, 1.165) is 19.3 Å². The average Bonchev–Trinajstić information content (AvgIpc) is 2.60. The number of ether oxygens (including phenoxy) is 1. The highest BCUT2D eigenvalue weighted by Crippen LogP contribution is 2.77. The van der Waals surface area contributed by atoms with Gasteiger partial charge in [0.1, 0.15) is 0 Å². The molecule has 0 unspecified atom stereocenters. The van der Waals surface area contributed by atoms with Gasteiger partial charge in [0.15, 0.2) is 5.78 Å². The lowest BCUT2D eigenvalue weighted by molar-refractivity contribution is -0.155. The molecule has 0 saturated heterocycles. The molecule has 3 rings (SSSR count). The second-order valence-corrected chi connectivity index (χ2v) is 7.84. The summed E-state index contributed by atoms with van der Waals surface area (Å²) >= 11 is 0. The number of Topliss-reactive ketones (excluding diaryl/α,β-unsaturated/α-hetero) is 1. The molecule has 0 spiro atoms. The summed E-state index contributed by atoms with van der Waals surface area (Å²) in [5, 5.41) is 0. The zero-order valence-electron chi connectivity index (χ0n) is 12.9. The third kappa shape index (κ3) is 1.27. The Balaban J connectivity index is 2.21. The molecule has 0 heterocycles. The van der Waals surface area contributed by atoms with Crippen LogP contribution in [0.25, 0.3) is 0 Å². The van der Waals surface area contributed by atoms with Gasteiger partial charge in [0, 0.05) is 11.8 Å². The minimum Gasteiger partial charge on any atom is -0.469 e. The second-order valence-electron chi connectivity index (χ2n) is 7.84. The normalized spacial score (nSPS) is 45.4. The molecule has 3 fully saturated rings. The van der Waals surface area contributed by atoms with Crippen molar-refractivity contribution in [2.24, 2.45) is 28.1 Å². The second kappa shape index (κ2) is 3.75. The zero-order chi connectivity index (χ0) is 14.9. The smallest absolute Gasteiger partial charge is 0.309 e. The van der Waals surface area contributed by atoms with Gasteiger partial charge < -0.3 is 4.74 Å². The maximum atomic E-state index is 12.3. The highest BCUT2D eigenvalue weighted by Gasteiger charge is 2.74. The molecule has 0 aliphatic heterocycles. The lowest BCUT2D eigenvalue weighted by atomic mass is 9.53. The van der Waals surface area contributed by atoms with E-state index in [1.54, 1.807) is 0 Å². The van der Waals surface area contributed by atoms with E-state index in [4.69, 9.17) is 4.74 Å². The fourth-order valence-electron chi connectivity index (χ4n) is 6.12. The van der Waals surface area contributed by atoms with Crippen LogP contribution in [0.3, 0.4) is 0 Å². The van der Waals surface area contributed by atoms with Crippen LogP contribution in [0, 0.1) is 28.1 Å². The number of esters is 1. The van der Waals surface area contributed by atoms with Gasteiger partial charge >= 0.3 is 5.97 Å². The largest absolute Gasteiger partial charge is 0.469 e. The van der Waals surface area contributed by atoms with Crippen LogP contribution in [0.5, 0.6) is 0 Å². The van der Waals surface area contributed by atoms with Crippen molar-refractivity contribution < 1.29 is 14.3 Å². The summed E-state index contributed by atoms with van der Waals surface area (Å²) in [6.07, 6.45) is 3.26. The standard InChI is InChI=1S/C17H24O3/c1-10-12(18)8-16(4)13-7-6-11(14(19)20-5)17(10,16)9-15(13,2)3/h11,13H,1,6-9H2,2-5H3/t11-,13+,16+,17+/m1/s1. The van der Waals surface area contributed by atoms with Crippen molar-refractivity contribution in [3.63, 3.8) is 0 Å². The van der Waals surface area contributed by atoms with E-state index in [9.17, 15) is 9.59 Å². The Kier molecular flexibility index (Phi) is 2.59. The number of carbonyl (C=O) groups excluding carboxylic acids is 2. The lowest BCUT2D eigenvalue weighted by Gasteiger charge is -2.49. The fourth-order valence-corrected chi connectivity index (χ4v) is 6.12. The molecule has 3 heteroatoms. The molecule has 20 heavy (non-hydrogen) atoms. The maximum Gasteiger partial charge on any atom is 0.309 e. The van der Waals surface area contributed by atoms with E-state index < -0.39 is 0 Å². The monoisotopic (exact) mass is 276 g/mol. The summed E-state index contributed by atoms with van der Waals surface area (Å²) in [5.41, 5.74) is 0.345. The first-order valence-electron chi connectivity index (χ1n) is 7.51. The quantitative estimate of drug-likeness (QED) is 0.546. The van der Waals surface area contributed by atoms with Gasteiger partial charge in [-0.2, -0.15) is 0 Å². The van der Waals surface area contributed by atoms with E-state index >= 15 is 0 Å². The molecule has 3 aliphatic carbocycles. The first-order chi connectivity index (χ1) is 9.20. The third-order valence-corrected chi connectivity index (χ3v) is 6.69. The number of hydrogen-bond acceptors (Lipinski definition) is 3. The van der Waals surface area contributed by atoms with Crippen LogP contribution >= 0.6 is 0 Å². The Morgan fingerprint density at radius 2 is 1.95 bits per heavy atom. The molecule has 4 atom stereocenters. The molecular formula is C17H24O3. The van der Waals surface area contributed by atoms with Gasteiger partial charge in [-0.05, 0) is 41.6 Å². The van der Waals surface area contributed by atoms with Crippen molar-refractivity contribution in [2.45, 2.75) is 46.5 Å². The molecule has 3 saturated carbocycles. The van der Waals surface area contributed by atoms with E-state index in [2.05, 4.69) is 27.4 Å². The van der Waals surface area contributed by atoms with Crippen molar-refractivity contribution in [3.8, 4) is 0 Å². The van der Waals surface area contributed by atoms with Gasteiger partial charge in [-0.3, -0.25) is 9.59 Å². The van der Waals surface area contributed by atoms with Crippen molar-refractivity contribution in [1.82, 2.24) is 0 Å². The number of hydrogen-bond donors (Lipinski definition) is 0. The number of methoxy groups -OCH3 is 1. The van der Waals surface area contributed by atoms with E-state index in [0.29, 0.717) is 17.9 Å². The molecule has 2 bridgehead atoms. The summed E-state index contributed by atoms with van der Waals surface area (Å²) in [4.78, 5) is 24.7. The summed E-state index contributed by atoms with van der Waals surface area (Å²) in [6.45, 7) is 10.9. The van der Waals surface area contributed by atoms with E-state index in [1.807, 2.05) is 0 Å². The summed E-state index contributed by atoms with van der Waals surface area (Å²) < 4.78 is 5.05. The van der Waals surface area contributed by atoms with Crippen LogP contribution in [0.15, 0.2) is 12.2 Å². The molecule has 0 N–H and O–H groups in total. The van der Waals surface area contributed by atoms with Crippen LogP contribution in [-0.2, 0) is 14.3 Å². The van der Waals surface area contributed by atoms with Gasteiger partial charge in [0.2, 0.25) is 0 Å². The minimum atomic E-state index is -0.371. The Morgan fingerprint density at radius 3 is 2.55 bits per heavy atom. The molecular weight excluding hydrogens is 252 g/mol. The van der Waals surface area contributed by atoms with Crippen LogP contribution in [0.4, 0.5) is 0 Å². The van der Waals surface area contributed by atoms with Crippen molar-refractivity contribution in [3.05, 3.63) is 12.2 Å². The molecule has 110 valence electrons. The van der Waals surface area contributed by atoms with E-state index in [-0.39, 0.29) is 33.9 Å². The zero-order valence-corrected chi connectivity index (χ0v) is 12.9. The Labute approximate surface area is 120 Å². The molecule has 0 amide bonds. The van der Waals surface area contributed by atoms with Gasteiger partial charge in [-0.25, -0.2) is 0 Å². The fraction of sp³-hybridized carbons (Fsp3) is 0.765. The number of ketones is 1. The molecule has 0 aromatic rings. The van der Waals surface area contributed by atoms with Crippen LogP contribution in [-0.4, -0.2) is 18.9 Å². The predicted octanol–water partition coefficient (Wildman–Crippen LogP) is 3.14. The topological polar surface area (TPSA) is 43.4 Å². The Hall–Kier alpha value is -1.12. The van der Waals surface area contributed by atoms with Crippen molar-refractivity contribution in [2.75, 3.05) is 7.11 Å². The highest BCUT2D eigenvalue weighted by molar-refractivity contribution is 6.01. The van der Waals surface area contributed by atoms with Crippen molar-refractivity contribution in [1.29, 1.82) is 0 Å².